The van der Waals surface area contributed by atoms with Crippen LogP contribution in [0.3, 0.4) is 0 Å². The lowest BCUT2D eigenvalue weighted by Gasteiger charge is -2.17. The van der Waals surface area contributed by atoms with E-state index in [-0.39, 0.29) is 0 Å². The molecular weight excluding hydrogens is 312 g/mol. The number of nitriles is 1. The second kappa shape index (κ2) is 7.43. The van der Waals surface area contributed by atoms with E-state index < -0.39 is 11.8 Å². The van der Waals surface area contributed by atoms with E-state index in [1.165, 1.54) is 0 Å². The van der Waals surface area contributed by atoms with Gasteiger partial charge in [0.15, 0.2) is 0 Å². The maximum Gasteiger partial charge on any atom is 0.255 e. The van der Waals surface area contributed by atoms with Crippen LogP contribution in [0.4, 0.5) is 0 Å². The summed E-state index contributed by atoms with van der Waals surface area (Å²) in [4.78, 5) is 12.3. The Labute approximate surface area is 145 Å². The summed E-state index contributed by atoms with van der Waals surface area (Å²) in [5, 5.41) is 18.5. The van der Waals surface area contributed by atoms with Crippen LogP contribution in [-0.4, -0.2) is 11.1 Å². The summed E-state index contributed by atoms with van der Waals surface area (Å²) in [6, 6.07) is 26.2. The number of rotatable bonds is 4. The Morgan fingerprint density at radius 1 is 0.920 bits per heavy atom. The fourth-order valence-corrected chi connectivity index (χ4v) is 2.92. The number of hydroxylamine groups is 1. The van der Waals surface area contributed by atoms with Crippen molar-refractivity contribution in [1.82, 2.24) is 5.48 Å². The van der Waals surface area contributed by atoms with Crippen LogP contribution in [0, 0.1) is 11.3 Å². The van der Waals surface area contributed by atoms with Crippen molar-refractivity contribution in [2.75, 3.05) is 0 Å². The van der Waals surface area contributed by atoms with Crippen LogP contribution in [0.1, 0.15) is 22.6 Å². The highest BCUT2D eigenvalue weighted by atomic mass is 16.5. The first-order chi connectivity index (χ1) is 12.2. The molecule has 1 unspecified atom stereocenters. The zero-order chi connectivity index (χ0) is 17.6. The normalized spacial score (nSPS) is 11.4. The molecule has 0 saturated heterocycles. The molecule has 3 rings (SSSR count). The van der Waals surface area contributed by atoms with Crippen LogP contribution in [0.25, 0.3) is 11.1 Å². The predicted octanol–water partition coefficient (Wildman–Crippen LogP) is 3.86. The third kappa shape index (κ3) is 3.42. The van der Waals surface area contributed by atoms with E-state index in [0.29, 0.717) is 5.56 Å². The van der Waals surface area contributed by atoms with Gasteiger partial charge in [0.1, 0.15) is 0 Å². The van der Waals surface area contributed by atoms with Gasteiger partial charge in [0.2, 0.25) is 0 Å². The number of hydrogen-bond acceptors (Lipinski definition) is 3. The zero-order valence-corrected chi connectivity index (χ0v) is 13.4. The molecule has 4 nitrogen and oxygen atoms in total. The molecule has 0 spiro atoms. The number of nitrogens with zero attached hydrogens (tertiary/aromatic N) is 1. The molecule has 0 bridgehead atoms. The van der Waals surface area contributed by atoms with Gasteiger partial charge in [-0.15, -0.1) is 0 Å². The van der Waals surface area contributed by atoms with Crippen LogP contribution in [0.5, 0.6) is 0 Å². The first kappa shape index (κ1) is 16.4. The highest BCUT2D eigenvalue weighted by molar-refractivity contribution is 5.87. The quantitative estimate of drug-likeness (QED) is 0.564. The van der Waals surface area contributed by atoms with Gasteiger partial charge in [-0.05, 0) is 34.4 Å². The number of amides is 1. The van der Waals surface area contributed by atoms with E-state index in [4.69, 9.17) is 5.21 Å². The second-order valence-corrected chi connectivity index (χ2v) is 5.60. The molecule has 0 aromatic heterocycles. The van der Waals surface area contributed by atoms with Crippen LogP contribution in [0.15, 0.2) is 78.9 Å². The minimum Gasteiger partial charge on any atom is -0.289 e. The van der Waals surface area contributed by atoms with Crippen molar-refractivity contribution in [3.05, 3.63) is 95.6 Å². The molecule has 0 fully saturated rings. The van der Waals surface area contributed by atoms with Crippen LogP contribution < -0.4 is 5.48 Å². The number of carbonyl (C=O) groups excluding carboxylic acids is 1. The Bertz CT molecular complexity index is 930. The van der Waals surface area contributed by atoms with Gasteiger partial charge >= 0.3 is 0 Å². The van der Waals surface area contributed by atoms with Crippen molar-refractivity contribution >= 4 is 5.91 Å². The van der Waals surface area contributed by atoms with Gasteiger partial charge in [0, 0.05) is 0 Å². The van der Waals surface area contributed by atoms with Gasteiger partial charge in [0.25, 0.3) is 5.91 Å². The first-order valence-electron chi connectivity index (χ1n) is 7.83. The molecule has 1 amide bonds. The molecule has 2 N–H and O–H groups in total. The minimum absolute atomic E-state index is 0.503. The summed E-state index contributed by atoms with van der Waals surface area (Å²) in [6.45, 7) is 0. The fraction of sp³-hybridized carbons (Fsp3) is 0.0476. The lowest BCUT2D eigenvalue weighted by Crippen LogP contribution is -2.27. The molecule has 0 radical (unpaired) electrons. The third-order valence-corrected chi connectivity index (χ3v) is 4.08. The summed E-state index contributed by atoms with van der Waals surface area (Å²) < 4.78 is 0. The average molecular weight is 328 g/mol. The number of hydrogen-bond donors (Lipinski definition) is 2. The van der Waals surface area contributed by atoms with Gasteiger partial charge in [-0.1, -0.05) is 66.7 Å². The van der Waals surface area contributed by atoms with Crippen molar-refractivity contribution in [2.24, 2.45) is 0 Å². The topological polar surface area (TPSA) is 73.1 Å². The summed E-state index contributed by atoms with van der Waals surface area (Å²) in [7, 11) is 0. The molecular formula is C21H16N2O2. The van der Waals surface area contributed by atoms with Crippen LogP contribution in [-0.2, 0) is 4.79 Å². The largest absolute Gasteiger partial charge is 0.289 e. The Hall–Kier alpha value is -3.42. The third-order valence-electron chi connectivity index (χ3n) is 4.08. The maximum absolute atomic E-state index is 12.3. The first-order valence-corrected chi connectivity index (χ1v) is 7.83. The van der Waals surface area contributed by atoms with Crippen LogP contribution >= 0.6 is 0 Å². The highest BCUT2D eigenvalue weighted by Gasteiger charge is 2.22. The summed E-state index contributed by atoms with van der Waals surface area (Å²) in [6.07, 6.45) is 0. The lowest BCUT2D eigenvalue weighted by molar-refractivity contribution is -0.129. The fourth-order valence-electron chi connectivity index (χ4n) is 2.92. The number of carbonyl (C=O) groups is 1. The van der Waals surface area contributed by atoms with E-state index >= 15 is 0 Å². The molecule has 0 aliphatic heterocycles. The van der Waals surface area contributed by atoms with Crippen molar-refractivity contribution in [2.45, 2.75) is 5.92 Å². The monoisotopic (exact) mass is 328 g/mol. The molecule has 122 valence electrons. The van der Waals surface area contributed by atoms with Crippen molar-refractivity contribution < 1.29 is 10.0 Å². The molecule has 4 heteroatoms. The maximum atomic E-state index is 12.3. The van der Waals surface area contributed by atoms with E-state index in [9.17, 15) is 10.1 Å². The lowest BCUT2D eigenvalue weighted by atomic mass is 9.88. The summed E-state index contributed by atoms with van der Waals surface area (Å²) >= 11 is 0. The zero-order valence-electron chi connectivity index (χ0n) is 13.4. The Morgan fingerprint density at radius 2 is 1.60 bits per heavy atom. The Kier molecular flexibility index (Phi) is 4.89. The smallest absolute Gasteiger partial charge is 0.255 e. The molecule has 1 atom stereocenters. The molecule has 0 heterocycles. The molecule has 25 heavy (non-hydrogen) atoms. The van der Waals surface area contributed by atoms with Gasteiger partial charge in [-0.3, -0.25) is 10.0 Å². The number of nitrogens with one attached hydrogen (secondary N) is 1. The van der Waals surface area contributed by atoms with Gasteiger partial charge in [-0.25, -0.2) is 5.48 Å². The second-order valence-electron chi connectivity index (χ2n) is 5.60. The summed E-state index contributed by atoms with van der Waals surface area (Å²) in [5.41, 5.74) is 5.50. The standard InChI is InChI=1S/C21H16N2O2/c22-14-18-9-4-5-12-19(18)16-10-6-11-17(13-16)20(21(24)23-25)15-7-2-1-3-8-15/h1-13,20,25H,(H,23,24). The predicted molar refractivity (Wildman–Crippen MR) is 94.8 cm³/mol. The molecule has 0 aliphatic carbocycles. The molecule has 3 aromatic rings. The molecule has 0 aliphatic rings. The minimum atomic E-state index is -0.639. The Balaban J connectivity index is 2.10. The van der Waals surface area contributed by atoms with Crippen molar-refractivity contribution in [3.8, 4) is 17.2 Å². The SMILES string of the molecule is N#Cc1ccccc1-c1cccc(C(C(=O)NO)c2ccccc2)c1. The van der Waals surface area contributed by atoms with Crippen LogP contribution in [0.2, 0.25) is 0 Å². The van der Waals surface area contributed by atoms with E-state index in [0.717, 1.165) is 22.3 Å². The molecule has 3 aromatic carbocycles. The van der Waals surface area contributed by atoms with Gasteiger partial charge in [-0.2, -0.15) is 5.26 Å². The van der Waals surface area contributed by atoms with Gasteiger partial charge < -0.3 is 0 Å². The molecule has 0 saturated carbocycles. The average Bonchev–Trinajstić information content (AvgIpc) is 2.69. The highest BCUT2D eigenvalue weighted by Crippen LogP contribution is 2.30. The van der Waals surface area contributed by atoms with Crippen molar-refractivity contribution in [1.29, 1.82) is 5.26 Å². The van der Waals surface area contributed by atoms with E-state index in [1.807, 2.05) is 72.8 Å². The van der Waals surface area contributed by atoms with Gasteiger partial charge in [0.05, 0.1) is 17.6 Å². The Morgan fingerprint density at radius 3 is 2.32 bits per heavy atom. The van der Waals surface area contributed by atoms with E-state index in [2.05, 4.69) is 6.07 Å². The summed E-state index contributed by atoms with van der Waals surface area (Å²) in [5.74, 6) is -1.14. The van der Waals surface area contributed by atoms with E-state index in [1.54, 1.807) is 11.5 Å². The number of benzene rings is 3. The van der Waals surface area contributed by atoms with Crippen molar-refractivity contribution in [3.63, 3.8) is 0 Å².